The molecule has 0 heterocycles. The third-order valence-corrected chi connectivity index (χ3v) is 2.83. The van der Waals surface area contributed by atoms with Gasteiger partial charge in [0.15, 0.2) is 0 Å². The number of hydrogen-bond donors (Lipinski definition) is 0. The summed E-state index contributed by atoms with van der Waals surface area (Å²) in [5.41, 5.74) is 0. The van der Waals surface area contributed by atoms with Crippen LogP contribution >= 0.6 is 0 Å². The molecule has 0 aliphatic heterocycles. The van der Waals surface area contributed by atoms with E-state index in [1.807, 2.05) is 0 Å². The van der Waals surface area contributed by atoms with Crippen molar-refractivity contribution in [1.82, 2.24) is 0 Å². The van der Waals surface area contributed by atoms with E-state index in [2.05, 4.69) is 2.84 Å². The van der Waals surface area contributed by atoms with Crippen molar-refractivity contribution in [2.75, 3.05) is 0 Å². The number of hydrogen-bond acceptors (Lipinski definition) is 7. The van der Waals surface area contributed by atoms with Crippen LogP contribution in [0.1, 0.15) is 0 Å². The molecule has 0 amide bonds. The molecule has 0 spiro atoms. The second-order valence-electron chi connectivity index (χ2n) is 0.885. The molecular formula is AgCr2O7-2. The van der Waals surface area contributed by atoms with Gasteiger partial charge in [0.1, 0.15) is 0 Å². The molecule has 0 saturated carbocycles. The molecule has 0 bridgehead atoms. The summed E-state index contributed by atoms with van der Waals surface area (Å²) >= 11 is -12.1. The van der Waals surface area contributed by atoms with Crippen molar-refractivity contribution in [3.63, 3.8) is 0 Å². The second kappa shape index (κ2) is 4.05. The topological polar surface area (TPSA) is 124 Å². The van der Waals surface area contributed by atoms with Crippen LogP contribution in [0.15, 0.2) is 0 Å². The van der Waals surface area contributed by atoms with Crippen LogP contribution in [0.25, 0.3) is 0 Å². The van der Waals surface area contributed by atoms with E-state index in [-0.39, 0.29) is 22.4 Å². The Morgan fingerprint density at radius 2 is 1.10 bits per heavy atom. The van der Waals surface area contributed by atoms with E-state index < -0.39 is 27.2 Å². The molecule has 0 fully saturated rings. The van der Waals surface area contributed by atoms with E-state index in [0.717, 1.165) is 0 Å². The zero-order valence-electron chi connectivity index (χ0n) is 3.98. The molecular weight excluding hydrogens is 324 g/mol. The van der Waals surface area contributed by atoms with Crippen molar-refractivity contribution in [2.45, 2.75) is 0 Å². The fraction of sp³-hybridized carbons (Fsp3) is 0. The summed E-state index contributed by atoms with van der Waals surface area (Å²) in [5, 5.41) is 0. The normalized spacial score (nSPS) is 12.2. The monoisotopic (exact) mass is 323 g/mol. The molecule has 67 valence electrons. The van der Waals surface area contributed by atoms with Crippen LogP contribution in [0.3, 0.4) is 0 Å². The van der Waals surface area contributed by atoms with Gasteiger partial charge >= 0.3 is 53.6 Å². The average Bonchev–Trinajstić information content (AvgIpc) is 1.14. The van der Waals surface area contributed by atoms with Gasteiger partial charge in [-0.2, -0.15) is 0 Å². The van der Waals surface area contributed by atoms with Gasteiger partial charge in [-0.1, -0.05) is 0 Å². The van der Waals surface area contributed by atoms with Gasteiger partial charge in [-0.05, 0) is 0 Å². The van der Waals surface area contributed by atoms with Gasteiger partial charge in [0.05, 0.1) is 0 Å². The summed E-state index contributed by atoms with van der Waals surface area (Å²) in [5.74, 6) is 0. The third-order valence-electron chi connectivity index (χ3n) is 0.167. The minimum atomic E-state index is -6.07. The Balaban J connectivity index is 0. The SMILES string of the molecule is [Ag].[O]=[Cr](=[O])([O-])[O][Cr](=[O])(=[O])[O-]. The number of rotatable bonds is 2. The molecule has 10 heteroatoms. The fourth-order valence-electron chi connectivity index (χ4n) is 0.102. The maximum atomic E-state index is 9.38. The fourth-order valence-corrected chi connectivity index (χ4v) is 1.74. The maximum absolute atomic E-state index is 9.38. The molecule has 0 aliphatic carbocycles. The van der Waals surface area contributed by atoms with Crippen molar-refractivity contribution >= 4 is 0 Å². The van der Waals surface area contributed by atoms with E-state index in [1.165, 1.54) is 0 Å². The van der Waals surface area contributed by atoms with Gasteiger partial charge in [-0.3, -0.25) is 0 Å². The van der Waals surface area contributed by atoms with Crippen LogP contribution in [-0.2, 0) is 67.7 Å². The molecule has 1 radical (unpaired) electrons. The Labute approximate surface area is 75.7 Å². The van der Waals surface area contributed by atoms with E-state index in [0.29, 0.717) is 0 Å². The molecule has 0 atom stereocenters. The van der Waals surface area contributed by atoms with Gasteiger partial charge in [-0.25, -0.2) is 0 Å². The summed E-state index contributed by atoms with van der Waals surface area (Å²) in [6, 6.07) is 0. The first-order valence-electron chi connectivity index (χ1n) is 1.33. The van der Waals surface area contributed by atoms with Crippen LogP contribution in [0.4, 0.5) is 0 Å². The zero-order valence-corrected chi connectivity index (χ0v) is 8.01. The quantitative estimate of drug-likeness (QED) is 0.498. The van der Waals surface area contributed by atoms with Crippen LogP contribution < -0.4 is 8.32 Å². The molecule has 0 aromatic heterocycles. The molecule has 7 nitrogen and oxygen atoms in total. The van der Waals surface area contributed by atoms with Crippen LogP contribution in [0.5, 0.6) is 0 Å². The van der Waals surface area contributed by atoms with Gasteiger partial charge in [0.2, 0.25) is 0 Å². The van der Waals surface area contributed by atoms with E-state index >= 15 is 0 Å². The van der Waals surface area contributed by atoms with Crippen molar-refractivity contribution in [1.29, 1.82) is 0 Å². The Morgan fingerprint density at radius 1 is 0.900 bits per heavy atom. The van der Waals surface area contributed by atoms with E-state index in [4.69, 9.17) is 0 Å². The summed E-state index contributed by atoms with van der Waals surface area (Å²) in [4.78, 5) is 0. The summed E-state index contributed by atoms with van der Waals surface area (Å²) in [6.45, 7) is 0. The van der Waals surface area contributed by atoms with Crippen molar-refractivity contribution in [3.8, 4) is 0 Å². The average molecular weight is 324 g/mol. The molecule has 0 rings (SSSR count). The van der Waals surface area contributed by atoms with Crippen molar-refractivity contribution in [3.05, 3.63) is 0 Å². The minimum absolute atomic E-state index is 0. The molecule has 10 heavy (non-hydrogen) atoms. The van der Waals surface area contributed by atoms with Gasteiger partial charge in [0.25, 0.3) is 0 Å². The first-order valence-corrected chi connectivity index (χ1v) is 5.50. The van der Waals surface area contributed by atoms with Crippen molar-refractivity contribution in [2.24, 2.45) is 0 Å². The Hall–Kier alpha value is 0.885. The molecule has 0 unspecified atom stereocenters. The molecule has 0 aliphatic rings. The van der Waals surface area contributed by atoms with Gasteiger partial charge < -0.3 is 0 Å². The summed E-state index contributed by atoms with van der Waals surface area (Å²) in [7, 11) is 0. The predicted molar refractivity (Wildman–Crippen MR) is 3.83 cm³/mol. The Bertz CT molecular complexity index is 237. The van der Waals surface area contributed by atoms with Gasteiger partial charge in [0, 0.05) is 22.4 Å². The third kappa shape index (κ3) is 11.7. The first kappa shape index (κ1) is 13.5. The summed E-state index contributed by atoms with van der Waals surface area (Å²) in [6.07, 6.45) is 0. The van der Waals surface area contributed by atoms with Gasteiger partial charge in [-0.15, -0.1) is 0 Å². The zero-order chi connectivity index (χ0) is 7.71. The Kier molecular flexibility index (Phi) is 5.45. The van der Waals surface area contributed by atoms with Crippen LogP contribution in [0.2, 0.25) is 0 Å². The Morgan fingerprint density at radius 3 is 1.10 bits per heavy atom. The van der Waals surface area contributed by atoms with E-state index in [1.54, 1.807) is 0 Å². The molecule has 0 aromatic rings. The van der Waals surface area contributed by atoms with E-state index in [9.17, 15) is 23.5 Å². The summed E-state index contributed by atoms with van der Waals surface area (Å²) < 4.78 is 58.9. The molecule has 0 saturated heterocycles. The second-order valence-corrected chi connectivity index (χ2v) is 4.52. The molecule has 0 N–H and O–H groups in total. The van der Waals surface area contributed by atoms with Crippen LogP contribution in [0, 0.1) is 0 Å². The molecule has 0 aromatic carbocycles. The predicted octanol–water partition coefficient (Wildman–Crippen LogP) is -2.93. The van der Waals surface area contributed by atoms with Crippen molar-refractivity contribution < 1.29 is 76.0 Å². The first-order chi connectivity index (χ1) is 3.71. The standard InChI is InChI=1S/Ag.2Cr.7O/q;;;;;;;;2*-1. The van der Waals surface area contributed by atoms with Crippen LogP contribution in [-0.4, -0.2) is 0 Å².